The molecule has 1 aromatic rings. The normalized spacial score (nSPS) is 11.1. The van der Waals surface area contributed by atoms with Crippen molar-refractivity contribution in [3.8, 4) is 0 Å². The van der Waals surface area contributed by atoms with Gasteiger partial charge in [0.05, 0.1) is 6.61 Å². The van der Waals surface area contributed by atoms with Crippen LogP contribution in [0.5, 0.6) is 0 Å². The number of rotatable bonds is 10. The van der Waals surface area contributed by atoms with Crippen LogP contribution in [0.2, 0.25) is 0 Å². The average molecular weight is 409 g/mol. The lowest BCUT2D eigenvalue weighted by molar-refractivity contribution is -0.118. The summed E-state index contributed by atoms with van der Waals surface area (Å²) < 4.78 is 4.85. The number of hydrogen-bond acceptors (Lipinski definition) is 5. The summed E-state index contributed by atoms with van der Waals surface area (Å²) in [5.74, 6) is -0.518. The fraction of sp³-hybridized carbons (Fsp3) is 0.529. The zero-order chi connectivity index (χ0) is 17.9. The van der Waals surface area contributed by atoms with Crippen LogP contribution in [0, 0.1) is 0 Å². The first-order chi connectivity index (χ1) is 11.5. The zero-order valence-electron chi connectivity index (χ0n) is 15.5. The van der Waals surface area contributed by atoms with Crippen molar-refractivity contribution in [1.29, 1.82) is 0 Å². The lowest BCUT2D eigenvalue weighted by Gasteiger charge is -2.18. The van der Waals surface area contributed by atoms with Gasteiger partial charge in [0.2, 0.25) is 5.91 Å². The number of nitrogens with one attached hydrogen (secondary N) is 2. The van der Waals surface area contributed by atoms with Crippen LogP contribution in [0.1, 0.15) is 24.2 Å². The van der Waals surface area contributed by atoms with Gasteiger partial charge >= 0.3 is 0 Å². The molecule has 1 rings (SSSR count). The maximum atomic E-state index is 12.2. The van der Waals surface area contributed by atoms with E-state index in [0.717, 1.165) is 19.6 Å². The Morgan fingerprint density at radius 2 is 1.88 bits per heavy atom. The van der Waals surface area contributed by atoms with E-state index in [2.05, 4.69) is 29.4 Å². The Labute approximate surface area is 167 Å². The molecule has 0 spiro atoms. The smallest absolute Gasteiger partial charge is 0.251 e. The molecule has 0 saturated carbocycles. The van der Waals surface area contributed by atoms with Crippen molar-refractivity contribution >= 4 is 42.3 Å². The Balaban J connectivity index is 0. The molecule has 0 fully saturated rings. The van der Waals surface area contributed by atoms with E-state index in [0.29, 0.717) is 17.8 Å². The van der Waals surface area contributed by atoms with E-state index >= 15 is 0 Å². The van der Waals surface area contributed by atoms with Gasteiger partial charge in [-0.15, -0.1) is 24.8 Å². The number of nitrogens with zero attached hydrogens (tertiary/aromatic N) is 1. The third kappa shape index (κ3) is 9.35. The number of amides is 2. The van der Waals surface area contributed by atoms with Crippen LogP contribution in [0.25, 0.3) is 0 Å². The van der Waals surface area contributed by atoms with E-state index in [4.69, 9.17) is 10.5 Å². The zero-order valence-corrected chi connectivity index (χ0v) is 17.1. The molecular formula is C17H30Cl2N4O3. The Hall–Kier alpha value is -1.38. The monoisotopic (exact) mass is 408 g/mol. The molecule has 0 bridgehead atoms. The summed E-state index contributed by atoms with van der Waals surface area (Å²) >= 11 is 0. The molecule has 0 radical (unpaired) electrons. The number of methoxy groups -OCH3 is 1. The van der Waals surface area contributed by atoms with Crippen molar-refractivity contribution in [2.24, 2.45) is 5.73 Å². The third-order valence-electron chi connectivity index (χ3n) is 3.68. The molecule has 1 atom stereocenters. The molecule has 0 aliphatic heterocycles. The van der Waals surface area contributed by atoms with Crippen LogP contribution in [0.4, 0.5) is 5.69 Å². The summed E-state index contributed by atoms with van der Waals surface area (Å²) in [5.41, 5.74) is 6.70. The largest absolute Gasteiger partial charge is 0.383 e. The van der Waals surface area contributed by atoms with Crippen molar-refractivity contribution in [3.63, 3.8) is 0 Å². The standard InChI is InChI=1S/C17H28N4O3.2ClH/c1-4-21(5-2)10-9-19-16(22)13-7-6-8-14(11-13)20-17(23)15(18)12-24-3;;/h6-8,11,15H,4-5,9-10,12,18H2,1-3H3,(H,19,22)(H,20,23);2*1H. The fourth-order valence-electron chi connectivity index (χ4n) is 2.20. The molecule has 7 nitrogen and oxygen atoms in total. The molecule has 1 aromatic carbocycles. The van der Waals surface area contributed by atoms with Gasteiger partial charge in [0.25, 0.3) is 5.91 Å². The summed E-state index contributed by atoms with van der Waals surface area (Å²) in [6, 6.07) is 6.02. The third-order valence-corrected chi connectivity index (χ3v) is 3.68. The first kappa shape index (κ1) is 26.8. The predicted molar refractivity (Wildman–Crippen MR) is 110 cm³/mol. The molecule has 26 heavy (non-hydrogen) atoms. The maximum absolute atomic E-state index is 12.2. The van der Waals surface area contributed by atoms with Crippen LogP contribution in [0.15, 0.2) is 24.3 Å². The topological polar surface area (TPSA) is 96.7 Å². The maximum Gasteiger partial charge on any atom is 0.251 e. The van der Waals surface area contributed by atoms with E-state index in [1.807, 2.05) is 0 Å². The fourth-order valence-corrected chi connectivity index (χ4v) is 2.20. The summed E-state index contributed by atoms with van der Waals surface area (Å²) in [7, 11) is 1.48. The Bertz CT molecular complexity index is 542. The summed E-state index contributed by atoms with van der Waals surface area (Å²) in [6.07, 6.45) is 0. The van der Waals surface area contributed by atoms with Crippen molar-refractivity contribution in [3.05, 3.63) is 29.8 Å². The number of hydrogen-bond donors (Lipinski definition) is 3. The van der Waals surface area contributed by atoms with Crippen LogP contribution in [0.3, 0.4) is 0 Å². The summed E-state index contributed by atoms with van der Waals surface area (Å²) in [6.45, 7) is 7.61. The first-order valence-corrected chi connectivity index (χ1v) is 8.17. The van der Waals surface area contributed by atoms with E-state index in [1.54, 1.807) is 24.3 Å². The quantitative estimate of drug-likeness (QED) is 0.545. The highest BCUT2D eigenvalue weighted by Crippen LogP contribution is 2.11. The van der Waals surface area contributed by atoms with Gasteiger partial charge in [0.1, 0.15) is 6.04 Å². The van der Waals surface area contributed by atoms with Crippen molar-refractivity contribution in [2.75, 3.05) is 45.2 Å². The lowest BCUT2D eigenvalue weighted by Crippen LogP contribution is -2.39. The molecule has 2 amide bonds. The number of benzene rings is 1. The molecule has 1 unspecified atom stereocenters. The number of carbonyl (C=O) groups excluding carboxylic acids is 2. The van der Waals surface area contributed by atoms with Crippen LogP contribution < -0.4 is 16.4 Å². The van der Waals surface area contributed by atoms with Gasteiger partial charge in [0.15, 0.2) is 0 Å². The Kier molecular flexibility index (Phi) is 15.2. The minimum atomic E-state index is -0.749. The van der Waals surface area contributed by atoms with Gasteiger partial charge in [-0.2, -0.15) is 0 Å². The Morgan fingerprint density at radius 1 is 1.23 bits per heavy atom. The SMILES string of the molecule is CCN(CC)CCNC(=O)c1cccc(NC(=O)C(N)COC)c1.Cl.Cl. The number of halogens is 2. The highest BCUT2D eigenvalue weighted by Gasteiger charge is 2.14. The molecule has 150 valence electrons. The van der Waals surface area contributed by atoms with Crippen molar-refractivity contribution in [2.45, 2.75) is 19.9 Å². The molecule has 9 heteroatoms. The van der Waals surface area contributed by atoms with Gasteiger partial charge in [-0.25, -0.2) is 0 Å². The Morgan fingerprint density at radius 3 is 2.46 bits per heavy atom. The van der Waals surface area contributed by atoms with E-state index in [-0.39, 0.29) is 43.2 Å². The number of ether oxygens (including phenoxy) is 1. The second-order valence-electron chi connectivity index (χ2n) is 5.41. The number of likely N-dealkylation sites (N-methyl/N-ethyl adjacent to an activating group) is 1. The van der Waals surface area contributed by atoms with Gasteiger partial charge < -0.3 is 26.0 Å². The highest BCUT2D eigenvalue weighted by atomic mass is 35.5. The van der Waals surface area contributed by atoms with Gasteiger partial charge in [-0.3, -0.25) is 9.59 Å². The summed E-state index contributed by atoms with van der Waals surface area (Å²) in [4.78, 5) is 26.3. The van der Waals surface area contributed by atoms with Crippen LogP contribution in [-0.2, 0) is 9.53 Å². The van der Waals surface area contributed by atoms with Crippen molar-refractivity contribution in [1.82, 2.24) is 10.2 Å². The number of carbonyl (C=O) groups is 2. The first-order valence-electron chi connectivity index (χ1n) is 8.17. The van der Waals surface area contributed by atoms with E-state index in [9.17, 15) is 9.59 Å². The van der Waals surface area contributed by atoms with Gasteiger partial charge in [-0.1, -0.05) is 19.9 Å². The number of anilines is 1. The molecule has 0 saturated heterocycles. The lowest BCUT2D eigenvalue weighted by atomic mass is 10.2. The van der Waals surface area contributed by atoms with E-state index in [1.165, 1.54) is 7.11 Å². The van der Waals surface area contributed by atoms with Crippen LogP contribution in [-0.4, -0.2) is 62.7 Å². The molecule has 4 N–H and O–H groups in total. The second-order valence-corrected chi connectivity index (χ2v) is 5.41. The molecule has 0 aliphatic rings. The molecule has 0 aliphatic carbocycles. The molecule has 0 heterocycles. The predicted octanol–water partition coefficient (Wildman–Crippen LogP) is 1.51. The molecule has 0 aromatic heterocycles. The van der Waals surface area contributed by atoms with Crippen LogP contribution >= 0.6 is 24.8 Å². The minimum Gasteiger partial charge on any atom is -0.383 e. The van der Waals surface area contributed by atoms with Crippen molar-refractivity contribution < 1.29 is 14.3 Å². The van der Waals surface area contributed by atoms with E-state index < -0.39 is 6.04 Å². The van der Waals surface area contributed by atoms with Gasteiger partial charge in [0, 0.05) is 31.5 Å². The minimum absolute atomic E-state index is 0. The molecular weight excluding hydrogens is 379 g/mol. The summed E-state index contributed by atoms with van der Waals surface area (Å²) in [5, 5.41) is 5.57. The highest BCUT2D eigenvalue weighted by molar-refractivity contribution is 5.98. The van der Waals surface area contributed by atoms with Gasteiger partial charge in [-0.05, 0) is 31.3 Å². The second kappa shape index (κ2) is 14.8. The number of nitrogens with two attached hydrogens (primary N) is 1. The average Bonchev–Trinajstić information content (AvgIpc) is 2.59.